The molecule has 0 aliphatic carbocycles. The van der Waals surface area contributed by atoms with Crippen LogP contribution >= 0.6 is 11.6 Å². The average molecular weight is 312 g/mol. The summed E-state index contributed by atoms with van der Waals surface area (Å²) >= 11 is 6.29. The van der Waals surface area contributed by atoms with Crippen LogP contribution in [0.2, 0.25) is 5.02 Å². The summed E-state index contributed by atoms with van der Waals surface area (Å²) in [6, 6.07) is 16.0. The maximum absolute atomic E-state index is 6.29. The van der Waals surface area contributed by atoms with Gasteiger partial charge in [-0.15, -0.1) is 0 Å². The van der Waals surface area contributed by atoms with E-state index in [-0.39, 0.29) is 0 Å². The van der Waals surface area contributed by atoms with Crippen LogP contribution in [-0.2, 0) is 0 Å². The number of nitrogens with zero attached hydrogens (tertiary/aromatic N) is 2. The van der Waals surface area contributed by atoms with Crippen molar-refractivity contribution in [3.05, 3.63) is 53.6 Å². The van der Waals surface area contributed by atoms with Gasteiger partial charge in [0.15, 0.2) is 5.82 Å². The Kier molecular flexibility index (Phi) is 4.25. The Morgan fingerprint density at radius 2 is 1.77 bits per heavy atom. The lowest BCUT2D eigenvalue weighted by Crippen LogP contribution is -2.15. The number of benzene rings is 2. The molecule has 0 radical (unpaired) electrons. The molecular weight excluding hydrogens is 294 g/mol. The Morgan fingerprint density at radius 3 is 2.55 bits per heavy atom. The molecule has 2 aromatic carbocycles. The maximum atomic E-state index is 6.29. The quantitative estimate of drug-likeness (QED) is 0.723. The number of hydrogen-bond donors (Lipinski definition) is 1. The number of nitrogens with one attached hydrogen (secondary N) is 1. The lowest BCUT2D eigenvalue weighted by Gasteiger charge is -2.15. The molecule has 0 amide bonds. The minimum atomic E-state index is 0.345. The molecule has 1 aromatic heterocycles. The molecule has 0 bridgehead atoms. The zero-order valence-corrected chi connectivity index (χ0v) is 13.4. The first-order valence-electron chi connectivity index (χ1n) is 7.47. The van der Waals surface area contributed by atoms with Crippen molar-refractivity contribution in [2.45, 2.75) is 26.3 Å². The van der Waals surface area contributed by atoms with Crippen molar-refractivity contribution in [1.29, 1.82) is 0 Å². The van der Waals surface area contributed by atoms with Gasteiger partial charge in [-0.05, 0) is 37.6 Å². The summed E-state index contributed by atoms with van der Waals surface area (Å²) < 4.78 is 0. The molecule has 3 rings (SSSR count). The van der Waals surface area contributed by atoms with Gasteiger partial charge < -0.3 is 5.32 Å². The highest BCUT2D eigenvalue weighted by molar-refractivity contribution is 6.33. The van der Waals surface area contributed by atoms with Crippen molar-refractivity contribution < 1.29 is 0 Å². The van der Waals surface area contributed by atoms with E-state index in [9.17, 15) is 0 Å². The zero-order valence-electron chi connectivity index (χ0n) is 12.7. The van der Waals surface area contributed by atoms with Crippen molar-refractivity contribution in [3.8, 4) is 11.4 Å². The molecule has 1 N–H and O–H groups in total. The molecular formula is C18H18ClN3. The predicted octanol–water partition coefficient (Wildman–Crippen LogP) is 5.16. The Hall–Kier alpha value is -2.13. The van der Waals surface area contributed by atoms with Crippen molar-refractivity contribution >= 4 is 28.3 Å². The van der Waals surface area contributed by atoms with Gasteiger partial charge in [-0.25, -0.2) is 9.97 Å². The molecule has 0 saturated heterocycles. The number of rotatable bonds is 4. The Labute approximate surface area is 135 Å². The fourth-order valence-electron chi connectivity index (χ4n) is 2.29. The molecule has 1 atom stereocenters. The van der Waals surface area contributed by atoms with Crippen molar-refractivity contribution in [3.63, 3.8) is 0 Å². The van der Waals surface area contributed by atoms with Crippen LogP contribution in [0.1, 0.15) is 20.3 Å². The highest BCUT2D eigenvalue weighted by Crippen LogP contribution is 2.29. The molecule has 1 unspecified atom stereocenters. The first kappa shape index (κ1) is 14.8. The van der Waals surface area contributed by atoms with Crippen LogP contribution in [0.15, 0.2) is 48.5 Å². The largest absolute Gasteiger partial charge is 0.367 e. The van der Waals surface area contributed by atoms with Gasteiger partial charge in [-0.1, -0.05) is 42.8 Å². The highest BCUT2D eigenvalue weighted by Gasteiger charge is 2.12. The summed E-state index contributed by atoms with van der Waals surface area (Å²) in [4.78, 5) is 9.38. The molecule has 1 heterocycles. The van der Waals surface area contributed by atoms with E-state index in [2.05, 4.69) is 24.1 Å². The van der Waals surface area contributed by atoms with E-state index >= 15 is 0 Å². The molecule has 4 heteroatoms. The number of hydrogen-bond acceptors (Lipinski definition) is 3. The Bertz CT molecular complexity index is 801. The van der Waals surface area contributed by atoms with Crippen LogP contribution < -0.4 is 5.32 Å². The molecule has 0 spiro atoms. The topological polar surface area (TPSA) is 37.8 Å². The van der Waals surface area contributed by atoms with Gasteiger partial charge in [0.25, 0.3) is 0 Å². The minimum Gasteiger partial charge on any atom is -0.367 e. The zero-order chi connectivity index (χ0) is 15.5. The summed E-state index contributed by atoms with van der Waals surface area (Å²) in [5, 5.41) is 5.16. The maximum Gasteiger partial charge on any atom is 0.163 e. The fraction of sp³-hybridized carbons (Fsp3) is 0.222. The average Bonchev–Trinajstić information content (AvgIpc) is 2.55. The normalized spacial score (nSPS) is 12.3. The van der Waals surface area contributed by atoms with Crippen LogP contribution in [0.3, 0.4) is 0 Å². The molecule has 0 aliphatic rings. The molecule has 0 fully saturated rings. The minimum absolute atomic E-state index is 0.345. The number of para-hydroxylation sites is 1. The van der Waals surface area contributed by atoms with Gasteiger partial charge in [0.2, 0.25) is 0 Å². The second-order valence-electron chi connectivity index (χ2n) is 5.35. The lowest BCUT2D eigenvalue weighted by molar-refractivity contribution is 0.760. The van der Waals surface area contributed by atoms with Gasteiger partial charge in [0, 0.05) is 17.0 Å². The van der Waals surface area contributed by atoms with E-state index in [0.717, 1.165) is 28.7 Å². The van der Waals surface area contributed by atoms with E-state index in [1.54, 1.807) is 0 Å². The van der Waals surface area contributed by atoms with Gasteiger partial charge in [0.05, 0.1) is 10.5 Å². The number of aromatic nitrogens is 2. The monoisotopic (exact) mass is 311 g/mol. The van der Waals surface area contributed by atoms with Crippen LogP contribution in [0.5, 0.6) is 0 Å². The first-order chi connectivity index (χ1) is 10.7. The van der Waals surface area contributed by atoms with Crippen molar-refractivity contribution in [2.24, 2.45) is 0 Å². The molecule has 22 heavy (non-hydrogen) atoms. The van der Waals surface area contributed by atoms with Crippen LogP contribution in [-0.4, -0.2) is 16.0 Å². The lowest BCUT2D eigenvalue weighted by atomic mass is 10.1. The van der Waals surface area contributed by atoms with E-state index in [4.69, 9.17) is 16.6 Å². The van der Waals surface area contributed by atoms with E-state index in [0.29, 0.717) is 16.9 Å². The van der Waals surface area contributed by atoms with Gasteiger partial charge >= 0.3 is 0 Å². The Balaban J connectivity index is 2.18. The molecule has 112 valence electrons. The SMILES string of the molecule is CCC(C)Nc1nc(-c2ccccc2Cl)nc2ccccc12. The second kappa shape index (κ2) is 6.32. The van der Waals surface area contributed by atoms with Gasteiger partial charge in [0.1, 0.15) is 5.82 Å². The standard InChI is InChI=1S/C18H18ClN3/c1-3-12(2)20-18-14-9-5-7-11-16(14)21-17(22-18)13-8-4-6-10-15(13)19/h4-12H,3H2,1-2H3,(H,20,21,22). The smallest absolute Gasteiger partial charge is 0.163 e. The summed E-state index contributed by atoms with van der Waals surface area (Å²) in [5.41, 5.74) is 1.76. The number of anilines is 1. The third-order valence-electron chi connectivity index (χ3n) is 3.71. The molecule has 3 aromatic rings. The van der Waals surface area contributed by atoms with E-state index < -0.39 is 0 Å². The first-order valence-corrected chi connectivity index (χ1v) is 7.85. The summed E-state index contributed by atoms with van der Waals surface area (Å²) in [5.74, 6) is 1.50. The second-order valence-corrected chi connectivity index (χ2v) is 5.75. The summed E-state index contributed by atoms with van der Waals surface area (Å²) in [6.07, 6.45) is 1.03. The van der Waals surface area contributed by atoms with Crippen molar-refractivity contribution in [2.75, 3.05) is 5.32 Å². The third-order valence-corrected chi connectivity index (χ3v) is 4.04. The summed E-state index contributed by atoms with van der Waals surface area (Å²) in [6.45, 7) is 4.29. The predicted molar refractivity (Wildman–Crippen MR) is 93.4 cm³/mol. The molecule has 0 saturated carbocycles. The highest BCUT2D eigenvalue weighted by atomic mass is 35.5. The van der Waals surface area contributed by atoms with E-state index in [1.807, 2.05) is 48.5 Å². The number of halogens is 1. The van der Waals surface area contributed by atoms with Crippen LogP contribution in [0.4, 0.5) is 5.82 Å². The molecule has 0 aliphatic heterocycles. The summed E-state index contributed by atoms with van der Waals surface area (Å²) in [7, 11) is 0. The van der Waals surface area contributed by atoms with Crippen LogP contribution in [0.25, 0.3) is 22.3 Å². The van der Waals surface area contributed by atoms with Gasteiger partial charge in [-0.2, -0.15) is 0 Å². The number of fused-ring (bicyclic) bond motifs is 1. The fourth-order valence-corrected chi connectivity index (χ4v) is 2.51. The molecule has 3 nitrogen and oxygen atoms in total. The van der Waals surface area contributed by atoms with Crippen molar-refractivity contribution in [1.82, 2.24) is 9.97 Å². The van der Waals surface area contributed by atoms with Crippen LogP contribution in [0, 0.1) is 0 Å². The third kappa shape index (κ3) is 2.90. The van der Waals surface area contributed by atoms with E-state index in [1.165, 1.54) is 0 Å². The Morgan fingerprint density at radius 1 is 1.05 bits per heavy atom. The van der Waals surface area contributed by atoms with Gasteiger partial charge in [-0.3, -0.25) is 0 Å².